The second kappa shape index (κ2) is 6.19. The predicted molar refractivity (Wildman–Crippen MR) is 94.3 cm³/mol. The standard InChI is InChI=1S/C18H15N3O3S/c22-25(23,19-12-14-7-4-10-24-14)15-8-9-16-17(11-15)21-18(20-16)13-5-2-1-3-6-13/h1-11,19H,12H2,(H,20,21). The van der Waals surface area contributed by atoms with Gasteiger partial charge in [-0.1, -0.05) is 30.3 Å². The van der Waals surface area contributed by atoms with E-state index in [1.807, 2.05) is 30.3 Å². The van der Waals surface area contributed by atoms with Gasteiger partial charge in [0.2, 0.25) is 10.0 Å². The van der Waals surface area contributed by atoms with Crippen LogP contribution in [0.2, 0.25) is 0 Å². The van der Waals surface area contributed by atoms with E-state index in [1.54, 1.807) is 30.3 Å². The first kappa shape index (κ1) is 15.6. The molecule has 0 aliphatic carbocycles. The van der Waals surface area contributed by atoms with Crippen molar-refractivity contribution < 1.29 is 12.8 Å². The number of sulfonamides is 1. The van der Waals surface area contributed by atoms with Crippen LogP contribution in [0.3, 0.4) is 0 Å². The lowest BCUT2D eigenvalue weighted by Gasteiger charge is -2.05. The molecule has 0 unspecified atom stereocenters. The molecule has 4 rings (SSSR count). The number of imidazole rings is 1. The molecular formula is C18H15N3O3S. The number of H-pyrrole nitrogens is 1. The summed E-state index contributed by atoms with van der Waals surface area (Å²) in [5.41, 5.74) is 2.32. The maximum absolute atomic E-state index is 12.5. The number of benzene rings is 2. The van der Waals surface area contributed by atoms with E-state index in [0.29, 0.717) is 22.6 Å². The average molecular weight is 353 g/mol. The van der Waals surface area contributed by atoms with Crippen molar-refractivity contribution in [1.82, 2.24) is 14.7 Å². The van der Waals surface area contributed by atoms with Crippen molar-refractivity contribution in [1.29, 1.82) is 0 Å². The largest absolute Gasteiger partial charge is 0.468 e. The van der Waals surface area contributed by atoms with Crippen LogP contribution in [0.25, 0.3) is 22.4 Å². The summed E-state index contributed by atoms with van der Waals surface area (Å²) in [5.74, 6) is 1.26. The van der Waals surface area contributed by atoms with Crippen LogP contribution in [0.1, 0.15) is 5.76 Å². The van der Waals surface area contributed by atoms with Gasteiger partial charge in [-0.25, -0.2) is 18.1 Å². The van der Waals surface area contributed by atoms with E-state index >= 15 is 0 Å². The summed E-state index contributed by atoms with van der Waals surface area (Å²) < 4.78 is 32.6. The van der Waals surface area contributed by atoms with Crippen LogP contribution in [0, 0.1) is 0 Å². The number of rotatable bonds is 5. The molecular weight excluding hydrogens is 338 g/mol. The smallest absolute Gasteiger partial charge is 0.241 e. The minimum absolute atomic E-state index is 0.103. The van der Waals surface area contributed by atoms with E-state index in [2.05, 4.69) is 14.7 Å². The molecule has 2 aromatic heterocycles. The quantitative estimate of drug-likeness (QED) is 0.576. The topological polar surface area (TPSA) is 88.0 Å². The Balaban J connectivity index is 1.64. The number of fused-ring (bicyclic) bond motifs is 1. The number of nitrogens with one attached hydrogen (secondary N) is 2. The third-order valence-corrected chi connectivity index (χ3v) is 5.23. The highest BCUT2D eigenvalue weighted by Crippen LogP contribution is 2.22. The summed E-state index contributed by atoms with van der Waals surface area (Å²) in [5, 5.41) is 0. The maximum atomic E-state index is 12.5. The second-order valence-electron chi connectivity index (χ2n) is 5.53. The van der Waals surface area contributed by atoms with Crippen LogP contribution in [-0.2, 0) is 16.6 Å². The van der Waals surface area contributed by atoms with E-state index in [1.165, 1.54) is 6.26 Å². The Labute approximate surface area is 144 Å². The minimum atomic E-state index is -3.64. The Morgan fingerprint density at radius 2 is 1.88 bits per heavy atom. The monoisotopic (exact) mass is 353 g/mol. The van der Waals surface area contributed by atoms with Crippen LogP contribution in [0.4, 0.5) is 0 Å². The van der Waals surface area contributed by atoms with Crippen molar-refractivity contribution in [3.63, 3.8) is 0 Å². The molecule has 0 radical (unpaired) electrons. The molecule has 0 saturated carbocycles. The van der Waals surface area contributed by atoms with Crippen LogP contribution in [0.5, 0.6) is 0 Å². The zero-order valence-corrected chi connectivity index (χ0v) is 14.0. The summed E-state index contributed by atoms with van der Waals surface area (Å²) in [7, 11) is -3.64. The molecule has 2 aromatic carbocycles. The third kappa shape index (κ3) is 3.19. The van der Waals surface area contributed by atoms with Gasteiger partial charge in [-0.2, -0.15) is 0 Å². The molecule has 7 heteroatoms. The van der Waals surface area contributed by atoms with Gasteiger partial charge in [0.1, 0.15) is 11.6 Å². The lowest BCUT2D eigenvalue weighted by atomic mass is 10.2. The number of hydrogen-bond donors (Lipinski definition) is 2. The van der Waals surface area contributed by atoms with Gasteiger partial charge in [0.25, 0.3) is 0 Å². The average Bonchev–Trinajstić information content (AvgIpc) is 3.29. The molecule has 6 nitrogen and oxygen atoms in total. The molecule has 2 N–H and O–H groups in total. The number of aromatic nitrogens is 2. The summed E-state index contributed by atoms with van der Waals surface area (Å²) in [4.78, 5) is 7.85. The van der Waals surface area contributed by atoms with Crippen molar-refractivity contribution in [2.24, 2.45) is 0 Å². The van der Waals surface area contributed by atoms with E-state index in [0.717, 1.165) is 5.56 Å². The summed E-state index contributed by atoms with van der Waals surface area (Å²) >= 11 is 0. The minimum Gasteiger partial charge on any atom is -0.468 e. The zero-order chi connectivity index (χ0) is 17.3. The van der Waals surface area contributed by atoms with E-state index in [9.17, 15) is 8.42 Å². The van der Waals surface area contributed by atoms with Crippen LogP contribution in [-0.4, -0.2) is 18.4 Å². The summed E-state index contributed by atoms with van der Waals surface area (Å²) in [6.45, 7) is 0.103. The van der Waals surface area contributed by atoms with Gasteiger partial charge in [-0.15, -0.1) is 0 Å². The number of hydrogen-bond acceptors (Lipinski definition) is 4. The van der Waals surface area contributed by atoms with Crippen molar-refractivity contribution in [3.8, 4) is 11.4 Å². The van der Waals surface area contributed by atoms with E-state index in [4.69, 9.17) is 4.42 Å². The highest BCUT2D eigenvalue weighted by Gasteiger charge is 2.16. The first-order valence-corrected chi connectivity index (χ1v) is 9.17. The Bertz CT molecular complexity index is 1100. The molecule has 0 amide bonds. The molecule has 2 heterocycles. The van der Waals surface area contributed by atoms with Gasteiger partial charge in [-0.05, 0) is 30.3 Å². The van der Waals surface area contributed by atoms with Gasteiger partial charge in [-0.3, -0.25) is 0 Å². The fourth-order valence-electron chi connectivity index (χ4n) is 2.55. The van der Waals surface area contributed by atoms with Crippen molar-refractivity contribution >= 4 is 21.1 Å². The lowest BCUT2D eigenvalue weighted by molar-refractivity contribution is 0.498. The fraction of sp³-hybridized carbons (Fsp3) is 0.0556. The fourth-order valence-corrected chi connectivity index (χ4v) is 3.57. The number of furan rings is 1. The zero-order valence-electron chi connectivity index (χ0n) is 13.1. The molecule has 126 valence electrons. The molecule has 0 fully saturated rings. The Kier molecular flexibility index (Phi) is 3.87. The SMILES string of the molecule is O=S(=O)(NCc1ccco1)c1ccc2nc(-c3ccccc3)[nH]c2c1. The first-order valence-electron chi connectivity index (χ1n) is 7.69. The van der Waals surface area contributed by atoms with Crippen LogP contribution < -0.4 is 4.72 Å². The van der Waals surface area contributed by atoms with Gasteiger partial charge in [0.05, 0.1) is 28.7 Å². The van der Waals surface area contributed by atoms with Gasteiger partial charge >= 0.3 is 0 Å². The highest BCUT2D eigenvalue weighted by atomic mass is 32.2. The molecule has 4 aromatic rings. The molecule has 0 bridgehead atoms. The highest BCUT2D eigenvalue weighted by molar-refractivity contribution is 7.89. The normalized spacial score (nSPS) is 11.8. The lowest BCUT2D eigenvalue weighted by Crippen LogP contribution is -2.22. The molecule has 0 atom stereocenters. The van der Waals surface area contributed by atoms with E-state index < -0.39 is 10.0 Å². The molecule has 0 saturated heterocycles. The predicted octanol–water partition coefficient (Wildman–Crippen LogP) is 3.30. The second-order valence-corrected chi connectivity index (χ2v) is 7.30. The van der Waals surface area contributed by atoms with Gasteiger partial charge in [0.15, 0.2) is 0 Å². The van der Waals surface area contributed by atoms with Crippen molar-refractivity contribution in [3.05, 3.63) is 72.7 Å². The van der Waals surface area contributed by atoms with Crippen LogP contribution in [0.15, 0.2) is 76.2 Å². The van der Waals surface area contributed by atoms with Crippen LogP contribution >= 0.6 is 0 Å². The summed E-state index contributed by atoms with van der Waals surface area (Å²) in [6, 6.07) is 17.9. The molecule has 0 aliphatic rings. The molecule has 0 aliphatic heterocycles. The Hall–Kier alpha value is -2.90. The molecule has 0 spiro atoms. The third-order valence-electron chi connectivity index (χ3n) is 3.83. The maximum Gasteiger partial charge on any atom is 0.241 e. The van der Waals surface area contributed by atoms with Crippen molar-refractivity contribution in [2.75, 3.05) is 0 Å². The Morgan fingerprint density at radius 3 is 2.64 bits per heavy atom. The van der Waals surface area contributed by atoms with Gasteiger partial charge in [0, 0.05) is 5.56 Å². The van der Waals surface area contributed by atoms with Gasteiger partial charge < -0.3 is 9.40 Å². The first-order chi connectivity index (χ1) is 12.1. The van der Waals surface area contributed by atoms with Crippen molar-refractivity contribution in [2.45, 2.75) is 11.4 Å². The van der Waals surface area contributed by atoms with E-state index in [-0.39, 0.29) is 11.4 Å². The number of aromatic amines is 1. The Morgan fingerprint density at radius 1 is 1.04 bits per heavy atom. The number of nitrogens with zero attached hydrogens (tertiary/aromatic N) is 1. The summed E-state index contributed by atoms with van der Waals surface area (Å²) in [6.07, 6.45) is 1.51. The molecule has 25 heavy (non-hydrogen) atoms.